The average Bonchev–Trinajstić information content (AvgIpc) is 3.94. The van der Waals surface area contributed by atoms with Crippen LogP contribution in [0.15, 0.2) is 53.6 Å². The van der Waals surface area contributed by atoms with E-state index in [0.29, 0.717) is 68.2 Å². The molecule has 2 saturated heterocycles. The Bertz CT molecular complexity index is 2590. The lowest BCUT2D eigenvalue weighted by Gasteiger charge is -2.74. The highest BCUT2D eigenvalue weighted by atomic mass is 16.6. The second kappa shape index (κ2) is 20.4. The summed E-state index contributed by atoms with van der Waals surface area (Å²) in [5.74, 6) is 2.22. The number of fused-ring (bicyclic) bond motifs is 5. The Kier molecular flexibility index (Phi) is 14.4. The van der Waals surface area contributed by atoms with Gasteiger partial charge in [0.1, 0.15) is 17.6 Å². The number of rotatable bonds is 11. The molecule has 0 radical (unpaired) electrons. The smallest absolute Gasteiger partial charge is 0.160 e. The summed E-state index contributed by atoms with van der Waals surface area (Å²) in [6.45, 7) is 10.1. The number of ether oxygens (including phenoxy) is 1. The van der Waals surface area contributed by atoms with Crippen LogP contribution in [0.3, 0.4) is 0 Å². The minimum absolute atomic E-state index is 0.000190. The number of nitrogen functional groups attached to an aromatic ring is 1. The summed E-state index contributed by atoms with van der Waals surface area (Å²) in [4.78, 5) is 32.2. The van der Waals surface area contributed by atoms with Gasteiger partial charge in [-0.3, -0.25) is 9.59 Å². The van der Waals surface area contributed by atoms with Crippen molar-refractivity contribution in [2.75, 3.05) is 25.9 Å². The minimum atomic E-state index is -0.921. The van der Waals surface area contributed by atoms with Gasteiger partial charge < -0.3 is 41.5 Å². The van der Waals surface area contributed by atoms with Crippen molar-refractivity contribution in [1.29, 1.82) is 0 Å². The van der Waals surface area contributed by atoms with Crippen LogP contribution >= 0.6 is 0 Å². The Morgan fingerprint density at radius 2 is 1.62 bits per heavy atom. The van der Waals surface area contributed by atoms with Crippen LogP contribution in [0.2, 0.25) is 0 Å². The van der Waals surface area contributed by atoms with Gasteiger partial charge in [0, 0.05) is 54.6 Å². The third-order valence-corrected chi connectivity index (χ3v) is 25.0. The van der Waals surface area contributed by atoms with E-state index in [-0.39, 0.29) is 65.3 Å². The van der Waals surface area contributed by atoms with Crippen molar-refractivity contribution in [2.45, 2.75) is 230 Å². The van der Waals surface area contributed by atoms with Gasteiger partial charge >= 0.3 is 0 Å². The molecule has 2 aromatic carbocycles. The predicted molar refractivity (Wildman–Crippen MR) is 303 cm³/mol. The fourth-order valence-electron chi connectivity index (χ4n) is 22.0. The number of carbonyl (C=O) groups is 2. The molecule has 8 N–H and O–H groups in total. The Balaban J connectivity index is 0.994. The van der Waals surface area contributed by atoms with Crippen LogP contribution in [0.4, 0.5) is 5.69 Å². The Morgan fingerprint density at radius 3 is 2.40 bits per heavy atom. The number of aliphatic hydroxyl groups excluding tert-OH is 2. The Hall–Kier alpha value is -3.12. The zero-order valence-electron chi connectivity index (χ0n) is 47.7. The molecule has 18 atom stereocenters. The van der Waals surface area contributed by atoms with E-state index >= 15 is 9.59 Å². The molecule has 0 spiro atoms. The van der Waals surface area contributed by atoms with E-state index in [9.17, 15) is 20.4 Å². The molecule has 2 aliphatic heterocycles. The van der Waals surface area contributed by atoms with Crippen molar-refractivity contribution in [3.05, 3.63) is 70.3 Å². The maximum atomic E-state index is 16.1. The van der Waals surface area contributed by atoms with Gasteiger partial charge in [-0.1, -0.05) is 95.4 Å². The first-order valence-corrected chi connectivity index (χ1v) is 31.5. The molecule has 0 aromatic heterocycles. The molecule has 9 fully saturated rings. The largest absolute Gasteiger partial charge is 0.508 e. The first-order valence-electron chi connectivity index (χ1n) is 31.5. The van der Waals surface area contributed by atoms with Gasteiger partial charge in [0.25, 0.3) is 0 Å². The van der Waals surface area contributed by atoms with Gasteiger partial charge in [0.15, 0.2) is 5.78 Å². The lowest BCUT2D eigenvalue weighted by molar-refractivity contribution is -0.234. The summed E-state index contributed by atoms with van der Waals surface area (Å²) >= 11 is 0. The molecule has 8 aliphatic carbocycles. The van der Waals surface area contributed by atoms with Crippen LogP contribution in [-0.2, 0) is 20.9 Å². The lowest BCUT2D eigenvalue weighted by atomic mass is 9.30. The standard InChI is InChI=1S/C67H97N3O7/c1-62(76)27-11-12-28-63(2)59-53(70-39-62)36-66(29-30-71)55(67(59,44-17-7-6-8-18-44)35-50(60(63)75)43-31-40(38-69-5)32-46(72)34-43)26-25-52-57(54(73)37-64(52,66)3)56-48-20-10-9-15-41(48)23-24-49(56)58(74)61-65(4,77-61)51-22-14-21-47(51)42-16-13-19-45(68)33-42/h13,16,19,31-34,41,44,47-51,53,55-56,58-59,61,69-72,74,76H,6-12,14-15,17-18,20-30,35-39,68H2,1-5H3/t41-,47-,48-,49+,50-,51+,53-,55-,56+,58+,59-,61+,62+,63+,64-,65+,66-,67+/m0/s1. The second-order valence-electron chi connectivity index (χ2n) is 28.9. The molecular weight excluding hydrogens is 959 g/mol. The van der Waals surface area contributed by atoms with E-state index in [1.165, 1.54) is 30.4 Å². The SMILES string of the molecule is CNCc1cc(O)cc([C@@H]2C[C@@]3(C4CCCCC4)[C@H]4CCC5=C([C@@H]6[C@H]7CCCC[C@H]7CC[C@H]6[C@@H](O)[C@H]6O[C@]6(C)[C@@H]6CCC[C@H]6c6cccc(N)c6)C(=O)C[C@]5(C)[C@@]4(CCO)C[C@@H]4NC[C@](C)(O)CCCC[C@@](C)(C2=O)[C@H]43)c1. The van der Waals surface area contributed by atoms with Gasteiger partial charge in [-0.25, -0.2) is 0 Å². The number of nitrogens with two attached hydrogens (primary N) is 1. The average molecular weight is 1060 g/mol. The van der Waals surface area contributed by atoms with Crippen molar-refractivity contribution >= 4 is 17.3 Å². The number of benzene rings is 2. The summed E-state index contributed by atoms with van der Waals surface area (Å²) in [7, 11) is 1.93. The van der Waals surface area contributed by atoms with Gasteiger partial charge in [-0.2, -0.15) is 0 Å². The zero-order chi connectivity index (χ0) is 53.9. The molecule has 0 unspecified atom stereocenters. The molecule has 422 valence electrons. The predicted octanol–water partition coefficient (Wildman–Crippen LogP) is 11.6. The number of hydrogen-bond donors (Lipinski definition) is 7. The quantitative estimate of drug-likeness (QED) is 0.0846. The van der Waals surface area contributed by atoms with E-state index in [0.717, 1.165) is 132 Å². The van der Waals surface area contributed by atoms with Crippen LogP contribution in [0.5, 0.6) is 5.75 Å². The fourth-order valence-corrected chi connectivity index (χ4v) is 22.0. The summed E-state index contributed by atoms with van der Waals surface area (Å²) in [6.07, 6.45) is 22.0. The minimum Gasteiger partial charge on any atom is -0.508 e. The molecule has 7 saturated carbocycles. The van der Waals surface area contributed by atoms with Crippen molar-refractivity contribution in [2.24, 2.45) is 69.0 Å². The second-order valence-corrected chi connectivity index (χ2v) is 28.9. The normalized spacial score (nSPS) is 44.7. The number of β-amino-alcohol motifs (C(OH)–C–C–N with tert-alkyl or cyclic N) is 1. The number of anilines is 1. The van der Waals surface area contributed by atoms with Gasteiger partial charge in [0.05, 0.1) is 17.3 Å². The molecule has 2 heterocycles. The molecule has 77 heavy (non-hydrogen) atoms. The fraction of sp³-hybridized carbons (Fsp3) is 0.761. The number of epoxide rings is 1. The first-order chi connectivity index (χ1) is 36.9. The van der Waals surface area contributed by atoms with Crippen LogP contribution in [0.25, 0.3) is 0 Å². The van der Waals surface area contributed by atoms with E-state index < -0.39 is 39.5 Å². The van der Waals surface area contributed by atoms with Gasteiger partial charge in [-0.15, -0.1) is 0 Å². The number of allylic oxidation sites excluding steroid dienone is 2. The maximum Gasteiger partial charge on any atom is 0.160 e. The van der Waals surface area contributed by atoms with Crippen LogP contribution < -0.4 is 16.4 Å². The highest BCUT2D eigenvalue weighted by Crippen LogP contribution is 2.79. The van der Waals surface area contributed by atoms with Crippen molar-refractivity contribution < 1.29 is 34.8 Å². The van der Waals surface area contributed by atoms with E-state index in [1.54, 1.807) is 0 Å². The number of ketones is 2. The Labute approximate surface area is 461 Å². The summed E-state index contributed by atoms with van der Waals surface area (Å²) in [5, 5.41) is 56.0. The van der Waals surface area contributed by atoms with Gasteiger partial charge in [0.2, 0.25) is 0 Å². The zero-order valence-corrected chi connectivity index (χ0v) is 47.7. The van der Waals surface area contributed by atoms with Crippen molar-refractivity contribution in [3.63, 3.8) is 0 Å². The third kappa shape index (κ3) is 8.72. The van der Waals surface area contributed by atoms with E-state index in [1.807, 2.05) is 32.2 Å². The molecule has 10 aliphatic rings. The van der Waals surface area contributed by atoms with Gasteiger partial charge in [-0.05, 0) is 221 Å². The number of phenols is 1. The number of hydrogen-bond acceptors (Lipinski definition) is 10. The highest BCUT2D eigenvalue weighted by Gasteiger charge is 2.76. The molecule has 0 amide bonds. The molecule has 12 rings (SSSR count). The first kappa shape index (κ1) is 54.5. The summed E-state index contributed by atoms with van der Waals surface area (Å²) in [6, 6.07) is 14.2. The molecular formula is C67H97N3O7. The van der Waals surface area contributed by atoms with Crippen LogP contribution in [0, 0.1) is 69.0 Å². The molecule has 10 heteroatoms. The third-order valence-electron chi connectivity index (χ3n) is 25.0. The number of aliphatic hydroxyl groups is 3. The van der Waals surface area contributed by atoms with Crippen LogP contribution in [0.1, 0.15) is 210 Å². The monoisotopic (exact) mass is 1060 g/mol. The number of phenolic OH excluding ortho intramolecular Hbond substituents is 1. The topological polar surface area (TPSA) is 178 Å². The molecule has 2 aromatic rings. The number of carbonyl (C=O) groups excluding carboxylic acids is 2. The number of Topliss-reactive ketones (excluding diaryl/α,β-unsaturated/α-hetero) is 2. The Morgan fingerprint density at radius 1 is 0.844 bits per heavy atom. The van der Waals surface area contributed by atoms with E-state index in [4.69, 9.17) is 10.5 Å². The number of nitrogens with one attached hydrogen (secondary N) is 2. The highest BCUT2D eigenvalue weighted by molar-refractivity contribution is 6.01. The van der Waals surface area contributed by atoms with Crippen molar-refractivity contribution in [1.82, 2.24) is 10.6 Å². The summed E-state index contributed by atoms with van der Waals surface area (Å²) in [5.41, 5.74) is 9.29. The van der Waals surface area contributed by atoms with Crippen LogP contribution in [-0.4, -0.2) is 81.6 Å². The van der Waals surface area contributed by atoms with E-state index in [2.05, 4.69) is 55.7 Å². The number of aromatic hydroxyl groups is 1. The maximum absolute atomic E-state index is 16.1. The lowest BCUT2D eigenvalue weighted by Crippen LogP contribution is -2.73. The molecule has 0 bridgehead atoms. The summed E-state index contributed by atoms with van der Waals surface area (Å²) < 4.78 is 6.92. The van der Waals surface area contributed by atoms with Crippen molar-refractivity contribution in [3.8, 4) is 5.75 Å². The molecule has 10 nitrogen and oxygen atoms in total.